The monoisotopic (exact) mass is 320 g/mol. The van der Waals surface area contributed by atoms with Gasteiger partial charge in [0.05, 0.1) is 0 Å². The van der Waals surface area contributed by atoms with Gasteiger partial charge in [-0.3, -0.25) is 0 Å². The van der Waals surface area contributed by atoms with Gasteiger partial charge >= 0.3 is 0 Å². The zero-order valence-electron chi connectivity index (χ0n) is 17.0. The number of hydrogen-bond donors (Lipinski definition) is 0. The maximum Gasteiger partial charge on any atom is -0.0274 e. The molecule has 0 saturated heterocycles. The van der Waals surface area contributed by atoms with Crippen LogP contribution >= 0.6 is 0 Å². The van der Waals surface area contributed by atoms with Gasteiger partial charge in [-0.1, -0.05) is 97.3 Å². The first-order chi connectivity index (χ1) is 11.2. The van der Waals surface area contributed by atoms with Gasteiger partial charge in [0, 0.05) is 0 Å². The molecule has 0 radical (unpaired) electrons. The molecular weight excluding hydrogens is 276 g/mol. The van der Waals surface area contributed by atoms with Crippen molar-refractivity contribution in [1.82, 2.24) is 0 Å². The fraction of sp³-hybridized carbons (Fsp3) is 0.826. The van der Waals surface area contributed by atoms with Gasteiger partial charge in [0.1, 0.15) is 0 Å². The molecule has 0 saturated carbocycles. The second-order valence-electron chi connectivity index (χ2n) is 7.06. The van der Waals surface area contributed by atoms with Crippen LogP contribution in [-0.4, -0.2) is 0 Å². The van der Waals surface area contributed by atoms with E-state index in [1.54, 1.807) is 11.1 Å². The number of allylic oxidation sites excluding steroid dienone is 3. The Balaban J connectivity index is 0.000000868. The molecule has 1 atom stereocenters. The Kier molecular flexibility index (Phi) is 14.7. The van der Waals surface area contributed by atoms with Crippen LogP contribution in [0.4, 0.5) is 0 Å². The Hall–Kier alpha value is -0.520. The van der Waals surface area contributed by atoms with Crippen LogP contribution in [-0.2, 0) is 0 Å². The summed E-state index contributed by atoms with van der Waals surface area (Å²) in [6.45, 7) is 14.8. The first kappa shape index (κ1) is 22.5. The second kappa shape index (κ2) is 15.0. The second-order valence-corrected chi connectivity index (χ2v) is 7.06. The number of rotatable bonds is 6. The fourth-order valence-electron chi connectivity index (χ4n) is 3.73. The molecule has 2 aliphatic carbocycles. The summed E-state index contributed by atoms with van der Waals surface area (Å²) in [4.78, 5) is 0. The third kappa shape index (κ3) is 9.38. The highest BCUT2D eigenvalue weighted by molar-refractivity contribution is 5.37. The number of unbranched alkanes of at least 4 members (excludes halogenated alkanes) is 4. The lowest BCUT2D eigenvalue weighted by Crippen LogP contribution is -2.14. The highest BCUT2D eigenvalue weighted by Crippen LogP contribution is 2.41. The third-order valence-electron chi connectivity index (χ3n) is 4.86. The van der Waals surface area contributed by atoms with Gasteiger partial charge in [0.25, 0.3) is 0 Å². The molecule has 0 amide bonds. The molecule has 1 unspecified atom stereocenters. The third-order valence-corrected chi connectivity index (χ3v) is 4.86. The van der Waals surface area contributed by atoms with Crippen LogP contribution in [0.3, 0.4) is 0 Å². The van der Waals surface area contributed by atoms with Gasteiger partial charge in [-0.2, -0.15) is 0 Å². The van der Waals surface area contributed by atoms with E-state index in [-0.39, 0.29) is 0 Å². The Morgan fingerprint density at radius 3 is 2.22 bits per heavy atom. The predicted molar refractivity (Wildman–Crippen MR) is 108 cm³/mol. The summed E-state index contributed by atoms with van der Waals surface area (Å²) >= 11 is 0. The van der Waals surface area contributed by atoms with Gasteiger partial charge in [-0.25, -0.2) is 0 Å². The summed E-state index contributed by atoms with van der Waals surface area (Å²) in [5.41, 5.74) is 4.94. The van der Waals surface area contributed by atoms with Crippen molar-refractivity contribution >= 4 is 0 Å². The maximum atomic E-state index is 4.26. The number of hydrogen-bond acceptors (Lipinski definition) is 0. The highest BCUT2D eigenvalue weighted by Gasteiger charge is 2.24. The maximum absolute atomic E-state index is 4.26. The molecule has 23 heavy (non-hydrogen) atoms. The van der Waals surface area contributed by atoms with Crippen molar-refractivity contribution in [2.45, 2.75) is 118 Å². The summed E-state index contributed by atoms with van der Waals surface area (Å²) < 4.78 is 0. The molecule has 0 aromatic carbocycles. The molecule has 0 bridgehead atoms. The lowest BCUT2D eigenvalue weighted by atomic mass is 9.74. The van der Waals surface area contributed by atoms with E-state index in [2.05, 4.69) is 27.4 Å². The van der Waals surface area contributed by atoms with E-state index in [4.69, 9.17) is 0 Å². The molecule has 0 heterocycles. The topological polar surface area (TPSA) is 0 Å². The average Bonchev–Trinajstić information content (AvgIpc) is 2.57. The smallest absolute Gasteiger partial charge is 0.0274 e. The van der Waals surface area contributed by atoms with Crippen LogP contribution in [0.15, 0.2) is 23.3 Å². The summed E-state index contributed by atoms with van der Waals surface area (Å²) in [6, 6.07) is 0. The van der Waals surface area contributed by atoms with Crippen LogP contribution in [0.25, 0.3) is 0 Å². The molecule has 2 rings (SSSR count). The first-order valence-electron chi connectivity index (χ1n) is 10.6. The summed E-state index contributed by atoms with van der Waals surface area (Å²) in [6.07, 6.45) is 18.1. The van der Waals surface area contributed by atoms with Crippen molar-refractivity contribution in [2.75, 3.05) is 0 Å². The van der Waals surface area contributed by atoms with E-state index < -0.39 is 0 Å². The lowest BCUT2D eigenvalue weighted by Gasteiger charge is -2.31. The van der Waals surface area contributed by atoms with Crippen LogP contribution in [0.2, 0.25) is 0 Å². The van der Waals surface area contributed by atoms with Crippen LogP contribution in [0.5, 0.6) is 0 Å². The Morgan fingerprint density at radius 1 is 0.913 bits per heavy atom. The van der Waals surface area contributed by atoms with Gasteiger partial charge in [0.2, 0.25) is 0 Å². The molecular formula is C23H44. The Morgan fingerprint density at radius 2 is 1.57 bits per heavy atom. The van der Waals surface area contributed by atoms with Gasteiger partial charge in [-0.15, -0.1) is 0 Å². The van der Waals surface area contributed by atoms with E-state index in [0.717, 1.165) is 5.92 Å². The highest BCUT2D eigenvalue weighted by atomic mass is 14.3. The fourth-order valence-corrected chi connectivity index (χ4v) is 3.73. The van der Waals surface area contributed by atoms with Gasteiger partial charge < -0.3 is 0 Å². The molecule has 0 aromatic rings. The quantitative estimate of drug-likeness (QED) is 0.429. The molecule has 0 aromatic heterocycles. The van der Waals surface area contributed by atoms with E-state index in [9.17, 15) is 0 Å². The predicted octanol–water partition coefficient (Wildman–Crippen LogP) is 8.63. The van der Waals surface area contributed by atoms with Crippen molar-refractivity contribution < 1.29 is 0 Å². The minimum absolute atomic E-state index is 0.997. The van der Waals surface area contributed by atoms with Gasteiger partial charge in [0.15, 0.2) is 0 Å². The van der Waals surface area contributed by atoms with E-state index in [0.29, 0.717) is 0 Å². The average molecular weight is 321 g/mol. The first-order valence-corrected chi connectivity index (χ1v) is 10.6. The molecule has 0 aliphatic heterocycles. The minimum Gasteiger partial charge on any atom is -0.0956 e. The lowest BCUT2D eigenvalue weighted by molar-refractivity contribution is 0.392. The van der Waals surface area contributed by atoms with Crippen LogP contribution in [0, 0.1) is 5.92 Å². The molecule has 0 N–H and O–H groups in total. The molecule has 0 spiro atoms. The normalized spacial score (nSPS) is 20.0. The SMILES string of the molecule is C=C1CCCC2=C1CCC(CCCCCCC)C2.CC.CCC. The molecule has 0 heteroatoms. The largest absolute Gasteiger partial charge is 0.0956 e. The van der Waals surface area contributed by atoms with Crippen molar-refractivity contribution in [3.8, 4) is 0 Å². The van der Waals surface area contributed by atoms with Gasteiger partial charge in [-0.05, 0) is 50.0 Å². The van der Waals surface area contributed by atoms with E-state index >= 15 is 0 Å². The van der Waals surface area contributed by atoms with Crippen LogP contribution < -0.4 is 0 Å². The zero-order chi connectivity index (χ0) is 17.5. The molecule has 0 nitrogen and oxygen atoms in total. The van der Waals surface area contributed by atoms with E-state index in [1.807, 2.05) is 13.8 Å². The van der Waals surface area contributed by atoms with Crippen molar-refractivity contribution in [3.63, 3.8) is 0 Å². The summed E-state index contributed by atoms with van der Waals surface area (Å²) in [7, 11) is 0. The Bertz CT molecular complexity index is 321. The van der Waals surface area contributed by atoms with E-state index in [1.165, 1.54) is 89.0 Å². The van der Waals surface area contributed by atoms with Crippen molar-refractivity contribution in [2.24, 2.45) is 5.92 Å². The molecule has 0 fully saturated rings. The zero-order valence-corrected chi connectivity index (χ0v) is 17.0. The van der Waals surface area contributed by atoms with Crippen LogP contribution in [0.1, 0.15) is 118 Å². The molecule has 136 valence electrons. The molecule has 2 aliphatic rings. The van der Waals surface area contributed by atoms with Crippen molar-refractivity contribution in [3.05, 3.63) is 23.3 Å². The Labute approximate surface area is 147 Å². The summed E-state index contributed by atoms with van der Waals surface area (Å²) in [5, 5.41) is 0. The standard InChI is InChI=1S/C18H30.C3H8.C2H6/c1-3-4-5-6-7-10-16-12-13-18-15(2)9-8-11-17(18)14-16;1-3-2;1-2/h16H,2-14H2,1H3;3H2,1-2H3;1-2H3. The minimum atomic E-state index is 0.997. The summed E-state index contributed by atoms with van der Waals surface area (Å²) in [5.74, 6) is 0.997. The van der Waals surface area contributed by atoms with Crippen molar-refractivity contribution in [1.29, 1.82) is 0 Å².